The van der Waals surface area contributed by atoms with E-state index in [1.807, 2.05) is 6.92 Å². The number of phenols is 1. The summed E-state index contributed by atoms with van der Waals surface area (Å²) >= 11 is 0. The van der Waals surface area contributed by atoms with Gasteiger partial charge in [-0.25, -0.2) is 4.79 Å². The van der Waals surface area contributed by atoms with Gasteiger partial charge in [0.05, 0.1) is 6.61 Å². The van der Waals surface area contributed by atoms with E-state index in [2.05, 4.69) is 0 Å². The molecule has 1 aliphatic heterocycles. The van der Waals surface area contributed by atoms with Gasteiger partial charge in [-0.05, 0) is 37.1 Å². The molecular weight excluding hydrogens is 260 g/mol. The van der Waals surface area contributed by atoms with Crippen LogP contribution in [0.4, 0.5) is 4.79 Å². The van der Waals surface area contributed by atoms with Gasteiger partial charge in [-0.1, -0.05) is 6.07 Å². The summed E-state index contributed by atoms with van der Waals surface area (Å²) in [5.41, 5.74) is 6.35. The summed E-state index contributed by atoms with van der Waals surface area (Å²) in [4.78, 5) is 24.0. The minimum Gasteiger partial charge on any atom is -0.504 e. The van der Waals surface area contributed by atoms with Gasteiger partial charge in [-0.15, -0.1) is 0 Å². The summed E-state index contributed by atoms with van der Waals surface area (Å²) in [6.45, 7) is 2.55. The first kappa shape index (κ1) is 13.9. The zero-order valence-corrected chi connectivity index (χ0v) is 11.1. The number of primary amides is 1. The number of carbonyl (C=O) groups is 2. The number of rotatable bonds is 3. The van der Waals surface area contributed by atoms with Crippen LogP contribution < -0.4 is 10.5 Å². The number of nitrogens with zero attached hydrogens (tertiary/aromatic N) is 1. The van der Waals surface area contributed by atoms with E-state index < -0.39 is 6.03 Å². The topological polar surface area (TPSA) is 92.9 Å². The number of ether oxygens (including phenoxy) is 1. The molecule has 1 saturated heterocycles. The van der Waals surface area contributed by atoms with Crippen LogP contribution in [-0.2, 0) is 4.79 Å². The molecule has 6 heteroatoms. The molecule has 1 aliphatic rings. The lowest BCUT2D eigenvalue weighted by Gasteiger charge is -2.08. The number of aromatic hydroxyl groups is 1. The monoisotopic (exact) mass is 276 g/mol. The minimum absolute atomic E-state index is 0.0468. The minimum atomic E-state index is -0.737. The molecule has 2 rings (SSSR count). The van der Waals surface area contributed by atoms with Crippen LogP contribution in [0.3, 0.4) is 0 Å². The quantitative estimate of drug-likeness (QED) is 0.818. The van der Waals surface area contributed by atoms with E-state index in [0.29, 0.717) is 30.9 Å². The van der Waals surface area contributed by atoms with Crippen LogP contribution in [0.25, 0.3) is 6.08 Å². The number of imide groups is 1. The van der Waals surface area contributed by atoms with E-state index in [1.54, 1.807) is 18.2 Å². The van der Waals surface area contributed by atoms with Crippen molar-refractivity contribution in [1.82, 2.24) is 4.90 Å². The van der Waals surface area contributed by atoms with E-state index in [4.69, 9.17) is 10.5 Å². The third-order valence-corrected chi connectivity index (χ3v) is 3.02. The van der Waals surface area contributed by atoms with Crippen LogP contribution in [0, 0.1) is 0 Å². The Kier molecular flexibility index (Phi) is 3.93. The molecule has 20 heavy (non-hydrogen) atoms. The van der Waals surface area contributed by atoms with Crippen LogP contribution in [0.5, 0.6) is 11.5 Å². The second-order valence-corrected chi connectivity index (χ2v) is 4.37. The Morgan fingerprint density at radius 3 is 2.90 bits per heavy atom. The second-order valence-electron chi connectivity index (χ2n) is 4.37. The fourth-order valence-corrected chi connectivity index (χ4v) is 2.05. The van der Waals surface area contributed by atoms with Crippen LogP contribution in [-0.4, -0.2) is 35.1 Å². The molecule has 0 atom stereocenters. The molecule has 106 valence electrons. The molecule has 1 aromatic rings. The number of benzene rings is 1. The van der Waals surface area contributed by atoms with Crippen LogP contribution in [0.1, 0.15) is 18.9 Å². The average molecular weight is 276 g/mol. The van der Waals surface area contributed by atoms with Crippen molar-refractivity contribution in [2.45, 2.75) is 13.3 Å². The van der Waals surface area contributed by atoms with Crippen LogP contribution >= 0.6 is 0 Å². The Morgan fingerprint density at radius 1 is 1.55 bits per heavy atom. The highest BCUT2D eigenvalue weighted by atomic mass is 16.5. The van der Waals surface area contributed by atoms with Gasteiger partial charge in [0.1, 0.15) is 0 Å². The molecule has 0 bridgehead atoms. The van der Waals surface area contributed by atoms with Crippen molar-refractivity contribution in [1.29, 1.82) is 0 Å². The number of carbonyl (C=O) groups excluding carboxylic acids is 2. The summed E-state index contributed by atoms with van der Waals surface area (Å²) in [6, 6.07) is 4.08. The lowest BCUT2D eigenvalue weighted by molar-refractivity contribution is -0.122. The average Bonchev–Trinajstić information content (AvgIpc) is 2.75. The lowest BCUT2D eigenvalue weighted by atomic mass is 10.1. The summed E-state index contributed by atoms with van der Waals surface area (Å²) in [7, 11) is 0. The Bertz CT molecular complexity index is 581. The molecule has 0 saturated carbocycles. The van der Waals surface area contributed by atoms with E-state index in [9.17, 15) is 14.7 Å². The Labute approximate surface area is 116 Å². The predicted octanol–water partition coefficient (Wildman–Crippen LogP) is 1.49. The standard InChI is InChI=1S/C14H16N2O4/c1-2-20-12-8-9(3-4-11(12)17)7-10-5-6-16(13(10)18)14(15)19/h3-4,7-8,17H,2,5-6H2,1H3,(H2,15,19)/b10-7-. The molecule has 1 aromatic carbocycles. The summed E-state index contributed by atoms with van der Waals surface area (Å²) in [6.07, 6.45) is 2.14. The Morgan fingerprint density at radius 2 is 2.30 bits per heavy atom. The third kappa shape index (κ3) is 2.74. The van der Waals surface area contributed by atoms with Crippen molar-refractivity contribution in [3.63, 3.8) is 0 Å². The van der Waals surface area contributed by atoms with Gasteiger partial charge in [0.2, 0.25) is 0 Å². The molecule has 0 radical (unpaired) electrons. The summed E-state index contributed by atoms with van der Waals surface area (Å²) in [5.74, 6) is 0.0353. The van der Waals surface area contributed by atoms with Crippen molar-refractivity contribution in [2.75, 3.05) is 13.2 Å². The second kappa shape index (κ2) is 5.64. The van der Waals surface area contributed by atoms with Gasteiger partial charge in [-0.2, -0.15) is 0 Å². The molecule has 3 amide bonds. The smallest absolute Gasteiger partial charge is 0.321 e. The molecule has 0 aliphatic carbocycles. The number of likely N-dealkylation sites (tertiary alicyclic amines) is 1. The first-order valence-corrected chi connectivity index (χ1v) is 6.30. The number of phenolic OH excluding ortho intramolecular Hbond substituents is 1. The number of hydrogen-bond acceptors (Lipinski definition) is 4. The first-order chi connectivity index (χ1) is 9.52. The highest BCUT2D eigenvalue weighted by Crippen LogP contribution is 2.29. The fraction of sp³-hybridized carbons (Fsp3) is 0.286. The fourth-order valence-electron chi connectivity index (χ4n) is 2.05. The zero-order chi connectivity index (χ0) is 14.7. The maximum absolute atomic E-state index is 11.9. The number of amides is 3. The normalized spacial score (nSPS) is 16.8. The first-order valence-electron chi connectivity index (χ1n) is 6.30. The van der Waals surface area contributed by atoms with E-state index in [0.717, 1.165) is 10.5 Å². The van der Waals surface area contributed by atoms with Gasteiger partial charge >= 0.3 is 6.03 Å². The van der Waals surface area contributed by atoms with Crippen molar-refractivity contribution in [3.8, 4) is 11.5 Å². The lowest BCUT2D eigenvalue weighted by Crippen LogP contribution is -2.36. The van der Waals surface area contributed by atoms with Crippen molar-refractivity contribution >= 4 is 18.0 Å². The molecule has 0 aromatic heterocycles. The largest absolute Gasteiger partial charge is 0.504 e. The van der Waals surface area contributed by atoms with Gasteiger partial charge in [-0.3, -0.25) is 9.69 Å². The molecule has 3 N–H and O–H groups in total. The molecule has 1 heterocycles. The number of hydrogen-bond donors (Lipinski definition) is 2. The molecule has 6 nitrogen and oxygen atoms in total. The SMILES string of the molecule is CCOc1cc(/C=C2/CCN(C(N)=O)C2=O)ccc1O. The molecule has 1 fully saturated rings. The zero-order valence-electron chi connectivity index (χ0n) is 11.1. The summed E-state index contributed by atoms with van der Waals surface area (Å²) < 4.78 is 5.28. The highest BCUT2D eigenvalue weighted by molar-refractivity contribution is 6.08. The Hall–Kier alpha value is -2.50. The highest BCUT2D eigenvalue weighted by Gasteiger charge is 2.29. The Balaban J connectivity index is 2.25. The van der Waals surface area contributed by atoms with Gasteiger partial charge in [0.15, 0.2) is 11.5 Å². The van der Waals surface area contributed by atoms with Crippen molar-refractivity contribution in [3.05, 3.63) is 29.3 Å². The van der Waals surface area contributed by atoms with Crippen molar-refractivity contribution < 1.29 is 19.4 Å². The predicted molar refractivity (Wildman–Crippen MR) is 73.2 cm³/mol. The van der Waals surface area contributed by atoms with Gasteiger partial charge in [0, 0.05) is 12.1 Å². The number of nitrogens with two attached hydrogens (primary N) is 1. The molecular formula is C14H16N2O4. The molecule has 0 unspecified atom stereocenters. The van der Waals surface area contributed by atoms with Crippen molar-refractivity contribution in [2.24, 2.45) is 5.73 Å². The number of urea groups is 1. The van der Waals surface area contributed by atoms with Crippen LogP contribution in [0.15, 0.2) is 23.8 Å². The van der Waals surface area contributed by atoms with Crippen LogP contribution in [0.2, 0.25) is 0 Å². The maximum atomic E-state index is 11.9. The van der Waals surface area contributed by atoms with E-state index >= 15 is 0 Å². The van der Waals surface area contributed by atoms with E-state index in [1.165, 1.54) is 6.07 Å². The summed E-state index contributed by atoms with van der Waals surface area (Å²) in [5, 5.41) is 9.61. The third-order valence-electron chi connectivity index (χ3n) is 3.02. The maximum Gasteiger partial charge on any atom is 0.321 e. The van der Waals surface area contributed by atoms with Gasteiger partial charge < -0.3 is 15.6 Å². The van der Waals surface area contributed by atoms with Gasteiger partial charge in [0.25, 0.3) is 5.91 Å². The molecule has 0 spiro atoms. The van der Waals surface area contributed by atoms with E-state index in [-0.39, 0.29) is 11.7 Å².